The SMILES string of the molecule is COc1ccc(NC(=O)C2CC2)cc1.COc1nc(C(=O)N2CCOCC2)ccc1Nc1n[nH]c2ccccc12. The largest absolute Gasteiger partial charge is 0.497 e. The first-order valence-corrected chi connectivity index (χ1v) is 13.1. The van der Waals surface area contributed by atoms with Gasteiger partial charge in [0.05, 0.1) is 33.0 Å². The second kappa shape index (κ2) is 12.5. The topological polar surface area (TPSA) is 131 Å². The maximum Gasteiger partial charge on any atom is 0.272 e. The van der Waals surface area contributed by atoms with E-state index in [1.54, 1.807) is 24.1 Å². The molecule has 11 nitrogen and oxygen atoms in total. The number of carbonyl (C=O) groups is 2. The van der Waals surface area contributed by atoms with Crippen LogP contribution < -0.4 is 20.1 Å². The van der Waals surface area contributed by atoms with Crippen LogP contribution in [0, 0.1) is 5.92 Å². The molecule has 3 heterocycles. The third kappa shape index (κ3) is 6.49. The van der Waals surface area contributed by atoms with Crippen molar-refractivity contribution in [3.05, 3.63) is 66.4 Å². The number of anilines is 3. The number of aromatic amines is 1. The van der Waals surface area contributed by atoms with E-state index >= 15 is 0 Å². The van der Waals surface area contributed by atoms with E-state index in [9.17, 15) is 9.59 Å². The van der Waals surface area contributed by atoms with Gasteiger partial charge in [-0.3, -0.25) is 14.7 Å². The molecule has 1 aliphatic carbocycles. The number of ether oxygens (including phenoxy) is 3. The fraction of sp³-hybridized carbons (Fsp3) is 0.310. The quantitative estimate of drug-likeness (QED) is 0.315. The predicted octanol–water partition coefficient (Wildman–Crippen LogP) is 4.23. The van der Waals surface area contributed by atoms with Crippen molar-refractivity contribution < 1.29 is 23.8 Å². The van der Waals surface area contributed by atoms with Crippen molar-refractivity contribution in [1.82, 2.24) is 20.1 Å². The highest BCUT2D eigenvalue weighted by atomic mass is 16.5. The lowest BCUT2D eigenvalue weighted by molar-refractivity contribution is -0.117. The maximum absolute atomic E-state index is 12.6. The second-order valence-electron chi connectivity index (χ2n) is 9.39. The second-order valence-corrected chi connectivity index (χ2v) is 9.39. The van der Waals surface area contributed by atoms with Crippen molar-refractivity contribution in [2.75, 3.05) is 51.2 Å². The molecular weight excluding hydrogens is 512 g/mol. The summed E-state index contributed by atoms with van der Waals surface area (Å²) in [7, 11) is 3.15. The molecule has 0 spiro atoms. The summed E-state index contributed by atoms with van der Waals surface area (Å²) >= 11 is 0. The van der Waals surface area contributed by atoms with Crippen LogP contribution in [0.25, 0.3) is 10.9 Å². The molecule has 0 radical (unpaired) electrons. The average molecular weight is 545 g/mol. The summed E-state index contributed by atoms with van der Waals surface area (Å²) in [5, 5.41) is 14.3. The zero-order valence-corrected chi connectivity index (χ0v) is 22.5. The normalized spacial score (nSPS) is 14.6. The third-order valence-corrected chi connectivity index (χ3v) is 6.60. The van der Waals surface area contributed by atoms with Gasteiger partial charge in [-0.1, -0.05) is 12.1 Å². The zero-order valence-electron chi connectivity index (χ0n) is 22.5. The summed E-state index contributed by atoms with van der Waals surface area (Å²) in [6.45, 7) is 2.24. The first-order chi connectivity index (χ1) is 19.6. The monoisotopic (exact) mass is 544 g/mol. The molecule has 2 aliphatic rings. The number of methoxy groups -OCH3 is 2. The number of nitrogens with zero attached hydrogens (tertiary/aromatic N) is 3. The molecule has 6 rings (SSSR count). The van der Waals surface area contributed by atoms with E-state index in [2.05, 4.69) is 25.8 Å². The van der Waals surface area contributed by atoms with E-state index in [0.717, 1.165) is 35.2 Å². The van der Waals surface area contributed by atoms with Gasteiger partial charge in [0.2, 0.25) is 11.8 Å². The van der Waals surface area contributed by atoms with Crippen LogP contribution in [0.2, 0.25) is 0 Å². The highest BCUT2D eigenvalue weighted by Gasteiger charge is 2.29. The van der Waals surface area contributed by atoms with Crippen LogP contribution in [0.1, 0.15) is 23.3 Å². The summed E-state index contributed by atoms with van der Waals surface area (Å²) in [6, 6.07) is 18.6. The molecule has 1 saturated heterocycles. The Morgan fingerprint density at radius 2 is 1.73 bits per heavy atom. The van der Waals surface area contributed by atoms with Gasteiger partial charge in [-0.15, -0.1) is 0 Å². The van der Waals surface area contributed by atoms with Gasteiger partial charge in [0.15, 0.2) is 5.82 Å². The van der Waals surface area contributed by atoms with Crippen molar-refractivity contribution in [2.24, 2.45) is 5.92 Å². The molecule has 4 aromatic rings. The van der Waals surface area contributed by atoms with Gasteiger partial charge in [0.1, 0.15) is 17.1 Å². The van der Waals surface area contributed by atoms with Crippen molar-refractivity contribution >= 4 is 39.9 Å². The lowest BCUT2D eigenvalue weighted by Gasteiger charge is -2.26. The molecule has 1 saturated carbocycles. The van der Waals surface area contributed by atoms with Gasteiger partial charge < -0.3 is 29.7 Å². The lowest BCUT2D eigenvalue weighted by atomic mass is 10.2. The number of hydrogen-bond acceptors (Lipinski definition) is 8. The van der Waals surface area contributed by atoms with E-state index in [0.29, 0.717) is 49.4 Å². The number of pyridine rings is 1. The highest BCUT2D eigenvalue weighted by molar-refractivity contribution is 5.95. The molecule has 2 aromatic heterocycles. The summed E-state index contributed by atoms with van der Waals surface area (Å²) in [5.41, 5.74) is 2.76. The van der Waals surface area contributed by atoms with E-state index in [1.165, 1.54) is 7.11 Å². The number of nitrogens with one attached hydrogen (secondary N) is 3. The number of amides is 2. The van der Waals surface area contributed by atoms with E-state index in [-0.39, 0.29) is 17.7 Å². The van der Waals surface area contributed by atoms with E-state index in [1.807, 2.05) is 48.5 Å². The Bertz CT molecular complexity index is 1460. The fourth-order valence-electron chi connectivity index (χ4n) is 4.19. The van der Waals surface area contributed by atoms with Crippen molar-refractivity contribution in [3.8, 4) is 11.6 Å². The minimum atomic E-state index is -0.122. The van der Waals surface area contributed by atoms with Crippen LogP contribution in [0.3, 0.4) is 0 Å². The first kappa shape index (κ1) is 26.9. The average Bonchev–Trinajstić information content (AvgIpc) is 3.79. The smallest absolute Gasteiger partial charge is 0.272 e. The number of hydrogen-bond donors (Lipinski definition) is 3. The molecule has 0 bridgehead atoms. The highest BCUT2D eigenvalue weighted by Crippen LogP contribution is 2.31. The minimum Gasteiger partial charge on any atom is -0.497 e. The Labute approximate surface area is 231 Å². The van der Waals surface area contributed by atoms with Gasteiger partial charge in [-0.2, -0.15) is 5.10 Å². The van der Waals surface area contributed by atoms with Crippen LogP contribution in [0.15, 0.2) is 60.7 Å². The number of para-hydroxylation sites is 1. The molecule has 1 aliphatic heterocycles. The molecule has 2 amide bonds. The Kier molecular flexibility index (Phi) is 8.41. The Hall–Kier alpha value is -4.64. The number of fused-ring (bicyclic) bond motifs is 1. The first-order valence-electron chi connectivity index (χ1n) is 13.1. The molecule has 2 fully saturated rings. The molecule has 208 valence electrons. The third-order valence-electron chi connectivity index (χ3n) is 6.60. The van der Waals surface area contributed by atoms with Crippen LogP contribution >= 0.6 is 0 Å². The molecule has 40 heavy (non-hydrogen) atoms. The molecule has 3 N–H and O–H groups in total. The van der Waals surface area contributed by atoms with Crippen molar-refractivity contribution in [2.45, 2.75) is 12.8 Å². The van der Waals surface area contributed by atoms with Gasteiger partial charge >= 0.3 is 0 Å². The Morgan fingerprint density at radius 1 is 0.975 bits per heavy atom. The Morgan fingerprint density at radius 3 is 2.42 bits per heavy atom. The van der Waals surface area contributed by atoms with Crippen molar-refractivity contribution in [3.63, 3.8) is 0 Å². The lowest BCUT2D eigenvalue weighted by Crippen LogP contribution is -2.41. The number of morpholine rings is 1. The predicted molar refractivity (Wildman–Crippen MR) is 151 cm³/mol. The van der Waals surface area contributed by atoms with E-state index in [4.69, 9.17) is 14.2 Å². The fourth-order valence-corrected chi connectivity index (χ4v) is 4.19. The van der Waals surface area contributed by atoms with Crippen LogP contribution in [-0.4, -0.2) is 72.4 Å². The molecule has 2 aromatic carbocycles. The number of benzene rings is 2. The van der Waals surface area contributed by atoms with Gasteiger partial charge in [-0.05, 0) is 61.4 Å². The van der Waals surface area contributed by atoms with Gasteiger partial charge in [-0.25, -0.2) is 4.98 Å². The van der Waals surface area contributed by atoms with Crippen LogP contribution in [0.4, 0.5) is 17.2 Å². The maximum atomic E-state index is 12.6. The molecular formula is C29H32N6O5. The summed E-state index contributed by atoms with van der Waals surface area (Å²) in [4.78, 5) is 30.1. The number of carbonyl (C=O) groups excluding carboxylic acids is 2. The number of H-pyrrole nitrogens is 1. The standard InChI is InChI=1S/C18H19N5O3.C11H13NO2/c1-25-17-14(19-16-12-4-2-3-5-13(12)21-22-16)6-7-15(20-17)18(24)23-8-10-26-11-9-23;1-14-10-6-4-9(5-7-10)12-11(13)8-2-3-8/h2-7H,8-11H2,1H3,(H2,19,21,22);4-8H,2-3H2,1H3,(H,12,13). The van der Waals surface area contributed by atoms with Gasteiger partial charge in [0, 0.05) is 30.1 Å². The number of aromatic nitrogens is 3. The minimum absolute atomic E-state index is 0.122. The summed E-state index contributed by atoms with van der Waals surface area (Å²) in [6.07, 6.45) is 2.06. The Balaban J connectivity index is 0.000000194. The van der Waals surface area contributed by atoms with E-state index < -0.39 is 0 Å². The van der Waals surface area contributed by atoms with Gasteiger partial charge in [0.25, 0.3) is 5.91 Å². The van der Waals surface area contributed by atoms with Crippen molar-refractivity contribution in [1.29, 1.82) is 0 Å². The summed E-state index contributed by atoms with van der Waals surface area (Å²) in [5.74, 6) is 2.08. The van der Waals surface area contributed by atoms with Crippen LogP contribution in [-0.2, 0) is 9.53 Å². The summed E-state index contributed by atoms with van der Waals surface area (Å²) < 4.78 is 15.7. The molecule has 0 atom stereocenters. The van der Waals surface area contributed by atoms with Crippen LogP contribution in [0.5, 0.6) is 11.6 Å². The zero-order chi connectivity index (χ0) is 27.9. The number of rotatable bonds is 7. The molecule has 0 unspecified atom stereocenters. The molecule has 11 heteroatoms.